The topological polar surface area (TPSA) is 51.4 Å². The van der Waals surface area contributed by atoms with Gasteiger partial charge in [-0.3, -0.25) is 0 Å². The quantitative estimate of drug-likeness (QED) is 0.853. The van der Waals surface area contributed by atoms with E-state index in [0.717, 1.165) is 18.7 Å². The number of ether oxygens (including phenoxy) is 1. The fourth-order valence-corrected chi connectivity index (χ4v) is 2.14. The zero-order valence-corrected chi connectivity index (χ0v) is 11.5. The predicted molar refractivity (Wildman–Crippen MR) is 72.8 cm³/mol. The summed E-state index contributed by atoms with van der Waals surface area (Å²) in [6.45, 7) is 2.85. The molecule has 0 amide bonds. The first-order valence-corrected chi connectivity index (χ1v) is 6.61. The molecule has 0 aliphatic carbocycles. The van der Waals surface area contributed by atoms with E-state index in [2.05, 4.69) is 10.2 Å². The molecule has 1 aromatic heterocycles. The Balaban J connectivity index is 1.85. The van der Waals surface area contributed by atoms with Gasteiger partial charge in [0.15, 0.2) is 0 Å². The largest absolute Gasteiger partial charge is 0.403 e. The first-order valence-electron chi connectivity index (χ1n) is 5.85. The van der Waals surface area contributed by atoms with Gasteiger partial charge < -0.3 is 14.1 Å². The van der Waals surface area contributed by atoms with Gasteiger partial charge in [0.1, 0.15) is 0 Å². The van der Waals surface area contributed by atoms with E-state index in [1.54, 1.807) is 18.2 Å². The number of nitrogens with zero attached hydrogens (tertiary/aromatic N) is 3. The van der Waals surface area contributed by atoms with Crippen molar-refractivity contribution in [1.29, 1.82) is 0 Å². The molecule has 0 spiro atoms. The van der Waals surface area contributed by atoms with Crippen molar-refractivity contribution in [2.75, 3.05) is 31.2 Å². The fraction of sp³-hybridized carbons (Fsp3) is 0.333. The van der Waals surface area contributed by atoms with E-state index in [-0.39, 0.29) is 0 Å². The minimum atomic E-state index is 0.431. The van der Waals surface area contributed by atoms with Crippen LogP contribution in [0.2, 0.25) is 10.0 Å². The average Bonchev–Trinajstić information content (AvgIpc) is 2.93. The molecule has 0 unspecified atom stereocenters. The third kappa shape index (κ3) is 2.68. The van der Waals surface area contributed by atoms with Gasteiger partial charge in [-0.25, -0.2) is 0 Å². The van der Waals surface area contributed by atoms with E-state index < -0.39 is 0 Å². The predicted octanol–water partition coefficient (Wildman–Crippen LogP) is 2.88. The molecule has 1 aliphatic heterocycles. The molecule has 7 heteroatoms. The third-order valence-corrected chi connectivity index (χ3v) is 3.60. The summed E-state index contributed by atoms with van der Waals surface area (Å²) in [6, 6.07) is 5.72. The molecular weight excluding hydrogens is 289 g/mol. The Labute approximate surface area is 120 Å². The lowest BCUT2D eigenvalue weighted by Crippen LogP contribution is -2.36. The molecule has 0 radical (unpaired) electrons. The SMILES string of the molecule is Clc1ccc(-c2nnc(N3CCOCC3)o2)cc1Cl. The van der Waals surface area contributed by atoms with Crippen molar-refractivity contribution in [2.24, 2.45) is 0 Å². The molecule has 5 nitrogen and oxygen atoms in total. The first kappa shape index (κ1) is 12.7. The fourth-order valence-electron chi connectivity index (χ4n) is 1.84. The van der Waals surface area contributed by atoms with E-state index in [1.807, 2.05) is 4.90 Å². The third-order valence-electron chi connectivity index (χ3n) is 2.86. The van der Waals surface area contributed by atoms with Gasteiger partial charge in [0.25, 0.3) is 0 Å². The lowest BCUT2D eigenvalue weighted by Gasteiger charge is -2.24. The van der Waals surface area contributed by atoms with Crippen molar-refractivity contribution < 1.29 is 9.15 Å². The molecule has 1 aromatic carbocycles. The summed E-state index contributed by atoms with van der Waals surface area (Å²) < 4.78 is 10.9. The van der Waals surface area contributed by atoms with Gasteiger partial charge in [0.05, 0.1) is 23.3 Å². The van der Waals surface area contributed by atoms with E-state index in [9.17, 15) is 0 Å². The first-order chi connectivity index (χ1) is 9.24. The highest BCUT2D eigenvalue weighted by Crippen LogP contribution is 2.29. The monoisotopic (exact) mass is 299 g/mol. The van der Waals surface area contributed by atoms with Gasteiger partial charge in [-0.05, 0) is 18.2 Å². The Morgan fingerprint density at radius 2 is 1.84 bits per heavy atom. The molecule has 3 rings (SSSR count). The van der Waals surface area contributed by atoms with Crippen molar-refractivity contribution >= 4 is 29.2 Å². The molecule has 1 saturated heterocycles. The minimum Gasteiger partial charge on any atom is -0.403 e. The smallest absolute Gasteiger partial charge is 0.318 e. The van der Waals surface area contributed by atoms with Crippen LogP contribution in [0.15, 0.2) is 22.6 Å². The molecule has 0 bridgehead atoms. The number of hydrogen-bond donors (Lipinski definition) is 0. The summed E-state index contributed by atoms with van der Waals surface area (Å²) in [7, 11) is 0. The maximum absolute atomic E-state index is 5.97. The number of anilines is 1. The van der Waals surface area contributed by atoms with Crippen LogP contribution in [0.4, 0.5) is 6.01 Å². The van der Waals surface area contributed by atoms with Crippen LogP contribution in [0.3, 0.4) is 0 Å². The van der Waals surface area contributed by atoms with E-state index in [1.165, 1.54) is 0 Å². The number of morpholine rings is 1. The van der Waals surface area contributed by atoms with E-state index >= 15 is 0 Å². The minimum absolute atomic E-state index is 0.431. The Morgan fingerprint density at radius 1 is 1.05 bits per heavy atom. The molecular formula is C12H11Cl2N3O2. The Bertz CT molecular complexity index is 582. The van der Waals surface area contributed by atoms with Crippen LogP contribution in [0.5, 0.6) is 0 Å². The van der Waals surface area contributed by atoms with Crippen molar-refractivity contribution in [3.05, 3.63) is 28.2 Å². The standard InChI is InChI=1S/C12H11Cl2N3O2/c13-9-2-1-8(7-10(9)14)11-15-16-12(19-11)17-3-5-18-6-4-17/h1-2,7H,3-6H2. The number of halogens is 2. The molecule has 1 fully saturated rings. The Kier molecular flexibility index (Phi) is 3.59. The van der Waals surface area contributed by atoms with Crippen LogP contribution in [0, 0.1) is 0 Å². The van der Waals surface area contributed by atoms with Gasteiger partial charge in [0, 0.05) is 18.7 Å². The maximum atomic E-state index is 5.97. The summed E-state index contributed by atoms with van der Waals surface area (Å²) in [6.07, 6.45) is 0. The van der Waals surface area contributed by atoms with Crippen LogP contribution in [0.1, 0.15) is 0 Å². The number of aromatic nitrogens is 2. The van der Waals surface area contributed by atoms with Gasteiger partial charge in [-0.15, -0.1) is 5.10 Å². The number of hydrogen-bond acceptors (Lipinski definition) is 5. The molecule has 0 saturated carbocycles. The van der Waals surface area contributed by atoms with Gasteiger partial charge in [0.2, 0.25) is 5.89 Å². The molecule has 0 N–H and O–H groups in total. The Morgan fingerprint density at radius 3 is 2.58 bits per heavy atom. The van der Waals surface area contributed by atoms with Crippen LogP contribution < -0.4 is 4.90 Å². The normalized spacial score (nSPS) is 15.8. The van der Waals surface area contributed by atoms with Crippen LogP contribution in [-0.4, -0.2) is 36.5 Å². The number of rotatable bonds is 2. The molecule has 19 heavy (non-hydrogen) atoms. The van der Waals surface area contributed by atoms with Gasteiger partial charge in [-0.1, -0.05) is 28.3 Å². The molecule has 100 valence electrons. The highest BCUT2D eigenvalue weighted by molar-refractivity contribution is 6.42. The van der Waals surface area contributed by atoms with Gasteiger partial charge >= 0.3 is 6.01 Å². The zero-order valence-electron chi connectivity index (χ0n) is 9.97. The zero-order chi connectivity index (χ0) is 13.2. The van der Waals surface area contributed by atoms with Crippen molar-refractivity contribution in [3.63, 3.8) is 0 Å². The molecule has 0 atom stereocenters. The van der Waals surface area contributed by atoms with Crippen molar-refractivity contribution in [3.8, 4) is 11.5 Å². The maximum Gasteiger partial charge on any atom is 0.318 e. The summed E-state index contributed by atoms with van der Waals surface area (Å²) in [5.74, 6) is 0.431. The average molecular weight is 300 g/mol. The van der Waals surface area contributed by atoms with Crippen LogP contribution in [0.25, 0.3) is 11.5 Å². The van der Waals surface area contributed by atoms with E-state index in [4.69, 9.17) is 32.4 Å². The lowest BCUT2D eigenvalue weighted by atomic mass is 10.2. The molecule has 2 aromatic rings. The van der Waals surface area contributed by atoms with Crippen molar-refractivity contribution in [2.45, 2.75) is 0 Å². The second kappa shape index (κ2) is 5.36. The molecule has 1 aliphatic rings. The van der Waals surface area contributed by atoms with Crippen LogP contribution >= 0.6 is 23.2 Å². The summed E-state index contributed by atoms with van der Waals surface area (Å²) in [4.78, 5) is 2.00. The highest BCUT2D eigenvalue weighted by atomic mass is 35.5. The highest BCUT2D eigenvalue weighted by Gasteiger charge is 2.18. The summed E-state index contributed by atoms with van der Waals surface area (Å²) in [5, 5.41) is 9.04. The van der Waals surface area contributed by atoms with Crippen LogP contribution in [-0.2, 0) is 4.74 Å². The second-order valence-corrected chi connectivity index (χ2v) is 4.93. The Hall–Kier alpha value is -1.30. The second-order valence-electron chi connectivity index (χ2n) is 4.12. The summed E-state index contributed by atoms with van der Waals surface area (Å²) in [5.41, 5.74) is 0.751. The van der Waals surface area contributed by atoms with Gasteiger partial charge in [-0.2, -0.15) is 0 Å². The summed E-state index contributed by atoms with van der Waals surface area (Å²) >= 11 is 11.8. The van der Waals surface area contributed by atoms with Crippen molar-refractivity contribution in [1.82, 2.24) is 10.2 Å². The molecule has 2 heterocycles. The number of benzene rings is 1. The lowest BCUT2D eigenvalue weighted by molar-refractivity contribution is 0.120. The van der Waals surface area contributed by atoms with E-state index in [0.29, 0.717) is 35.2 Å².